The predicted octanol–water partition coefficient (Wildman–Crippen LogP) is 5.49. The maximum absolute atomic E-state index is 13.0. The normalized spacial score (nSPS) is 14.7. The van der Waals surface area contributed by atoms with Gasteiger partial charge in [-0.3, -0.25) is 14.6 Å². The molecule has 9 heteroatoms. The van der Waals surface area contributed by atoms with Crippen LogP contribution in [0.4, 0.5) is 14.5 Å². The number of amides is 2. The van der Waals surface area contributed by atoms with Crippen molar-refractivity contribution in [1.29, 1.82) is 0 Å². The van der Waals surface area contributed by atoms with Gasteiger partial charge in [0, 0.05) is 47.9 Å². The van der Waals surface area contributed by atoms with E-state index in [1.807, 2.05) is 26.0 Å². The molecular formula is C24H20ClF2N3O3. The molecule has 0 unspecified atom stereocenters. The highest BCUT2D eigenvalue weighted by atomic mass is 35.5. The van der Waals surface area contributed by atoms with Crippen molar-refractivity contribution in [2.75, 3.05) is 12.4 Å². The lowest BCUT2D eigenvalue weighted by Gasteiger charge is -2.30. The van der Waals surface area contributed by atoms with Gasteiger partial charge in [0.15, 0.2) is 0 Å². The molecule has 1 aromatic heterocycles. The lowest BCUT2D eigenvalue weighted by molar-refractivity contribution is -0.0964. The molecule has 4 rings (SSSR count). The molecule has 0 spiro atoms. The van der Waals surface area contributed by atoms with E-state index in [2.05, 4.69) is 15.0 Å². The van der Waals surface area contributed by atoms with Gasteiger partial charge in [-0.2, -0.15) is 0 Å². The van der Waals surface area contributed by atoms with E-state index >= 15 is 0 Å². The first-order valence-electron chi connectivity index (χ1n) is 10.0. The zero-order valence-corrected chi connectivity index (χ0v) is 18.8. The fraction of sp³-hybridized carbons (Fsp3) is 0.208. The number of ether oxygens (including phenoxy) is 1. The Balaban J connectivity index is 1.71. The van der Waals surface area contributed by atoms with Crippen LogP contribution in [0.1, 0.15) is 40.1 Å². The Hall–Kier alpha value is -3.52. The third kappa shape index (κ3) is 4.39. The van der Waals surface area contributed by atoms with Gasteiger partial charge >= 0.3 is 5.57 Å². The quantitative estimate of drug-likeness (QED) is 0.499. The summed E-state index contributed by atoms with van der Waals surface area (Å²) in [6, 6.07) is 12.3. The van der Waals surface area contributed by atoms with Crippen molar-refractivity contribution < 1.29 is 23.1 Å². The minimum absolute atomic E-state index is 0.152. The number of aromatic nitrogens is 1. The molecule has 0 saturated carbocycles. The molecule has 0 atom stereocenters. The Morgan fingerprint density at radius 3 is 2.30 bits per heavy atom. The van der Waals surface area contributed by atoms with Crippen LogP contribution in [0.15, 0.2) is 60.9 Å². The number of carbonyl (C=O) groups is 2. The van der Waals surface area contributed by atoms with Crippen LogP contribution < -0.4 is 10.1 Å². The first kappa shape index (κ1) is 22.7. The highest BCUT2D eigenvalue weighted by molar-refractivity contribution is 6.20. The first-order valence-corrected chi connectivity index (χ1v) is 10.4. The minimum Gasteiger partial charge on any atom is -0.420 e. The number of fused-ring (bicyclic) bond motifs is 1. The fourth-order valence-electron chi connectivity index (χ4n) is 3.91. The van der Waals surface area contributed by atoms with Crippen molar-refractivity contribution in [3.63, 3.8) is 0 Å². The van der Waals surface area contributed by atoms with E-state index in [0.717, 1.165) is 16.7 Å². The molecule has 1 aliphatic rings. The summed E-state index contributed by atoms with van der Waals surface area (Å²) in [6.07, 6.45) is 3.30. The van der Waals surface area contributed by atoms with Gasteiger partial charge in [-0.25, -0.2) is 0 Å². The largest absolute Gasteiger partial charge is 0.487 e. The Labute approximate surface area is 194 Å². The van der Waals surface area contributed by atoms with Crippen molar-refractivity contribution in [3.05, 3.63) is 77.6 Å². The topological polar surface area (TPSA) is 71.5 Å². The summed E-state index contributed by atoms with van der Waals surface area (Å²) in [7, 11) is 1.73. The number of anilines is 1. The SMILES string of the molecule is CN1C(=O)c2cc(C(=O)Nc3ccc(OC(F)(F)Cl)cc3)cc(-c3ccncc3)c2C1(C)C. The van der Waals surface area contributed by atoms with Gasteiger partial charge in [0.05, 0.1) is 5.54 Å². The molecule has 0 saturated heterocycles. The molecule has 1 aliphatic heterocycles. The number of hydrogen-bond donors (Lipinski definition) is 1. The van der Waals surface area contributed by atoms with Crippen LogP contribution in [0.5, 0.6) is 5.75 Å². The summed E-state index contributed by atoms with van der Waals surface area (Å²) < 4.78 is 29.8. The zero-order chi connectivity index (χ0) is 24.0. The number of carbonyl (C=O) groups excluding carboxylic acids is 2. The zero-order valence-electron chi connectivity index (χ0n) is 18.0. The monoisotopic (exact) mass is 471 g/mol. The molecule has 33 heavy (non-hydrogen) atoms. The number of alkyl halides is 3. The second kappa shape index (κ2) is 8.12. The molecule has 6 nitrogen and oxygen atoms in total. The van der Waals surface area contributed by atoms with Crippen molar-refractivity contribution in [3.8, 4) is 16.9 Å². The summed E-state index contributed by atoms with van der Waals surface area (Å²) in [5.41, 5.74) is -0.873. The third-order valence-corrected chi connectivity index (χ3v) is 5.80. The van der Waals surface area contributed by atoms with E-state index in [9.17, 15) is 18.4 Å². The van der Waals surface area contributed by atoms with Crippen molar-refractivity contribution in [2.45, 2.75) is 25.0 Å². The highest BCUT2D eigenvalue weighted by Crippen LogP contribution is 2.44. The van der Waals surface area contributed by atoms with Gasteiger partial charge in [-0.1, -0.05) is 0 Å². The Morgan fingerprint density at radius 2 is 1.70 bits per heavy atom. The van der Waals surface area contributed by atoms with E-state index in [0.29, 0.717) is 11.3 Å². The maximum atomic E-state index is 13.0. The lowest BCUT2D eigenvalue weighted by atomic mass is 9.85. The Kier molecular flexibility index (Phi) is 5.57. The maximum Gasteiger partial charge on any atom is 0.487 e. The molecule has 2 amide bonds. The fourth-order valence-corrected chi connectivity index (χ4v) is 3.99. The average Bonchev–Trinajstić information content (AvgIpc) is 2.94. The Morgan fingerprint density at radius 1 is 1.09 bits per heavy atom. The Bertz CT molecular complexity index is 1230. The van der Waals surface area contributed by atoms with Crippen LogP contribution >= 0.6 is 11.6 Å². The smallest absolute Gasteiger partial charge is 0.420 e. The summed E-state index contributed by atoms with van der Waals surface area (Å²) in [5.74, 6) is -0.783. The minimum atomic E-state index is -3.83. The van der Waals surface area contributed by atoms with Gasteiger partial charge in [-0.15, -0.1) is 8.78 Å². The van der Waals surface area contributed by atoms with E-state index in [4.69, 9.17) is 11.6 Å². The van der Waals surface area contributed by atoms with Crippen LogP contribution in [0.2, 0.25) is 0 Å². The molecule has 0 bridgehead atoms. The standard InChI is InChI=1S/C24H20ClF2N3O3/c1-23(2)20-18(14-8-10-28-11-9-14)12-15(13-19(20)22(32)30(23)3)21(31)29-16-4-6-17(7-5-16)33-24(25,26)27/h4-13H,1-3H3,(H,29,31). The lowest BCUT2D eigenvalue weighted by Crippen LogP contribution is -2.35. The molecule has 0 aliphatic carbocycles. The van der Waals surface area contributed by atoms with E-state index in [1.54, 1.807) is 36.5 Å². The van der Waals surface area contributed by atoms with Crippen molar-refractivity contribution in [2.24, 2.45) is 0 Å². The summed E-state index contributed by atoms with van der Waals surface area (Å²) >= 11 is 4.77. The summed E-state index contributed by atoms with van der Waals surface area (Å²) in [4.78, 5) is 31.7. The summed E-state index contributed by atoms with van der Waals surface area (Å²) in [6.45, 7) is 3.91. The molecule has 1 N–H and O–H groups in total. The van der Waals surface area contributed by atoms with Crippen LogP contribution in [-0.2, 0) is 5.54 Å². The van der Waals surface area contributed by atoms with Gasteiger partial charge in [0.2, 0.25) is 0 Å². The molecule has 2 heterocycles. The molecule has 3 aromatic rings. The van der Waals surface area contributed by atoms with Gasteiger partial charge in [-0.05, 0) is 79.1 Å². The highest BCUT2D eigenvalue weighted by Gasteiger charge is 2.43. The van der Waals surface area contributed by atoms with Crippen molar-refractivity contribution >= 4 is 29.1 Å². The average molecular weight is 472 g/mol. The molecule has 170 valence electrons. The number of nitrogens with zero attached hydrogens (tertiary/aromatic N) is 2. The van der Waals surface area contributed by atoms with Gasteiger partial charge < -0.3 is 15.0 Å². The third-order valence-electron chi connectivity index (χ3n) is 5.72. The van der Waals surface area contributed by atoms with Crippen LogP contribution in [-0.4, -0.2) is 34.3 Å². The molecule has 2 aromatic carbocycles. The molecular weight excluding hydrogens is 452 g/mol. The van der Waals surface area contributed by atoms with E-state index in [1.165, 1.54) is 24.3 Å². The van der Waals surface area contributed by atoms with Crippen molar-refractivity contribution in [1.82, 2.24) is 9.88 Å². The van der Waals surface area contributed by atoms with Crippen LogP contribution in [0.25, 0.3) is 11.1 Å². The van der Waals surface area contributed by atoms with Gasteiger partial charge in [0.25, 0.3) is 11.8 Å². The van der Waals surface area contributed by atoms with Crippen LogP contribution in [0, 0.1) is 0 Å². The summed E-state index contributed by atoms with van der Waals surface area (Å²) in [5, 5.41) is 2.71. The number of benzene rings is 2. The number of rotatable bonds is 5. The van der Waals surface area contributed by atoms with E-state index in [-0.39, 0.29) is 17.2 Å². The number of pyridine rings is 1. The second-order valence-corrected chi connectivity index (χ2v) is 8.57. The number of hydrogen-bond acceptors (Lipinski definition) is 4. The molecule has 0 fully saturated rings. The van der Waals surface area contributed by atoms with E-state index < -0.39 is 17.0 Å². The van der Waals surface area contributed by atoms with Gasteiger partial charge in [0.1, 0.15) is 5.75 Å². The first-order chi connectivity index (χ1) is 15.5. The number of halogens is 3. The molecule has 0 radical (unpaired) electrons. The number of nitrogens with one attached hydrogen (secondary N) is 1. The predicted molar refractivity (Wildman–Crippen MR) is 121 cm³/mol. The second-order valence-electron chi connectivity index (χ2n) is 8.13. The van der Waals surface area contributed by atoms with Crippen LogP contribution in [0.3, 0.4) is 0 Å².